The maximum atomic E-state index is 14.1. The predicted molar refractivity (Wildman–Crippen MR) is 77.1 cm³/mol. The van der Waals surface area contributed by atoms with Gasteiger partial charge in [-0.15, -0.1) is 0 Å². The third kappa shape index (κ3) is 2.18. The van der Waals surface area contributed by atoms with Gasteiger partial charge in [0.2, 0.25) is 0 Å². The summed E-state index contributed by atoms with van der Waals surface area (Å²) in [4.78, 5) is 12.7. The standard InChI is InChI=1S/C17H13FO3/c1-2-13-16(15-12(18)4-3-5-14(15)21-13)17(20)10-6-8-11(19)9-7-10/h3-9,19H,2H2,1H3. The van der Waals surface area contributed by atoms with Crippen LogP contribution in [-0.4, -0.2) is 10.9 Å². The zero-order valence-electron chi connectivity index (χ0n) is 11.4. The Balaban J connectivity index is 2.23. The molecule has 1 aromatic heterocycles. The number of aromatic hydroxyl groups is 1. The lowest BCUT2D eigenvalue weighted by Gasteiger charge is -2.02. The first-order valence-corrected chi connectivity index (χ1v) is 6.65. The van der Waals surface area contributed by atoms with Gasteiger partial charge in [0.1, 0.15) is 22.9 Å². The Labute approximate surface area is 120 Å². The van der Waals surface area contributed by atoms with Crippen LogP contribution in [0.15, 0.2) is 46.9 Å². The molecule has 0 atom stereocenters. The molecule has 3 nitrogen and oxygen atoms in total. The molecule has 3 aromatic rings. The SMILES string of the molecule is CCc1oc2cccc(F)c2c1C(=O)c1ccc(O)cc1. The summed E-state index contributed by atoms with van der Waals surface area (Å²) in [6, 6.07) is 10.4. The van der Waals surface area contributed by atoms with Gasteiger partial charge in [0, 0.05) is 12.0 Å². The second-order valence-electron chi connectivity index (χ2n) is 4.74. The van der Waals surface area contributed by atoms with Gasteiger partial charge < -0.3 is 9.52 Å². The zero-order chi connectivity index (χ0) is 15.0. The van der Waals surface area contributed by atoms with Crippen molar-refractivity contribution >= 4 is 16.8 Å². The van der Waals surface area contributed by atoms with Crippen LogP contribution < -0.4 is 0 Å². The highest BCUT2D eigenvalue weighted by atomic mass is 19.1. The van der Waals surface area contributed by atoms with E-state index in [1.165, 1.54) is 30.3 Å². The van der Waals surface area contributed by atoms with Crippen LogP contribution in [-0.2, 0) is 6.42 Å². The molecule has 0 radical (unpaired) electrons. The number of ketones is 1. The highest BCUT2D eigenvalue weighted by molar-refractivity contribution is 6.17. The molecule has 0 aliphatic carbocycles. The summed E-state index contributed by atoms with van der Waals surface area (Å²) in [5, 5.41) is 9.51. The van der Waals surface area contributed by atoms with Crippen LogP contribution in [0.3, 0.4) is 0 Å². The molecule has 106 valence electrons. The van der Waals surface area contributed by atoms with Crippen molar-refractivity contribution in [3.05, 3.63) is 65.2 Å². The van der Waals surface area contributed by atoms with Gasteiger partial charge in [-0.05, 0) is 36.4 Å². The second kappa shape index (κ2) is 5.05. The van der Waals surface area contributed by atoms with Crippen molar-refractivity contribution in [3.63, 3.8) is 0 Å². The average molecular weight is 284 g/mol. The van der Waals surface area contributed by atoms with Crippen LogP contribution in [0.5, 0.6) is 5.75 Å². The topological polar surface area (TPSA) is 50.4 Å². The number of phenols is 1. The first kappa shape index (κ1) is 13.4. The largest absolute Gasteiger partial charge is 0.508 e. The number of hydrogen-bond acceptors (Lipinski definition) is 3. The number of furan rings is 1. The van der Waals surface area contributed by atoms with E-state index >= 15 is 0 Å². The zero-order valence-corrected chi connectivity index (χ0v) is 11.4. The van der Waals surface area contributed by atoms with E-state index in [4.69, 9.17) is 4.42 Å². The van der Waals surface area contributed by atoms with Gasteiger partial charge in [0.15, 0.2) is 5.78 Å². The molecular weight excluding hydrogens is 271 g/mol. The van der Waals surface area contributed by atoms with Gasteiger partial charge in [-0.25, -0.2) is 4.39 Å². The fourth-order valence-electron chi connectivity index (χ4n) is 2.40. The molecular formula is C17H13FO3. The molecule has 0 spiro atoms. The Morgan fingerprint density at radius 3 is 2.57 bits per heavy atom. The molecule has 21 heavy (non-hydrogen) atoms. The van der Waals surface area contributed by atoms with E-state index in [1.54, 1.807) is 12.1 Å². The minimum Gasteiger partial charge on any atom is -0.508 e. The number of phenolic OH excluding ortho intramolecular Hbond substituents is 1. The lowest BCUT2D eigenvalue weighted by atomic mass is 9.99. The Morgan fingerprint density at radius 1 is 1.19 bits per heavy atom. The highest BCUT2D eigenvalue weighted by Crippen LogP contribution is 2.30. The molecule has 0 amide bonds. The summed E-state index contributed by atoms with van der Waals surface area (Å²) in [5.41, 5.74) is 1.01. The van der Waals surface area contributed by atoms with Crippen molar-refractivity contribution in [1.29, 1.82) is 0 Å². The van der Waals surface area contributed by atoms with E-state index in [-0.39, 0.29) is 22.5 Å². The van der Waals surface area contributed by atoms with Crippen molar-refractivity contribution in [3.8, 4) is 5.75 Å². The summed E-state index contributed by atoms with van der Waals surface area (Å²) in [6.45, 7) is 1.85. The lowest BCUT2D eigenvalue weighted by Crippen LogP contribution is -2.03. The van der Waals surface area contributed by atoms with Crippen LogP contribution in [0, 0.1) is 5.82 Å². The number of rotatable bonds is 3. The van der Waals surface area contributed by atoms with Crippen molar-refractivity contribution in [1.82, 2.24) is 0 Å². The number of hydrogen-bond donors (Lipinski definition) is 1. The minimum absolute atomic E-state index is 0.0745. The maximum Gasteiger partial charge on any atom is 0.197 e. The number of halogens is 1. The normalized spacial score (nSPS) is 11.0. The minimum atomic E-state index is -0.474. The maximum absolute atomic E-state index is 14.1. The molecule has 4 heteroatoms. The van der Waals surface area contributed by atoms with Gasteiger partial charge in [0.25, 0.3) is 0 Å². The van der Waals surface area contributed by atoms with E-state index < -0.39 is 5.82 Å². The molecule has 1 N–H and O–H groups in total. The van der Waals surface area contributed by atoms with E-state index in [2.05, 4.69) is 0 Å². The number of benzene rings is 2. The number of fused-ring (bicyclic) bond motifs is 1. The molecule has 0 bridgehead atoms. The summed E-state index contributed by atoms with van der Waals surface area (Å²) in [6.07, 6.45) is 0.493. The van der Waals surface area contributed by atoms with Crippen molar-refractivity contribution in [2.75, 3.05) is 0 Å². The summed E-state index contributed by atoms with van der Waals surface area (Å²) in [5.74, 6) is -0.243. The fraction of sp³-hybridized carbons (Fsp3) is 0.118. The van der Waals surface area contributed by atoms with Crippen LogP contribution >= 0.6 is 0 Å². The predicted octanol–water partition coefficient (Wildman–Crippen LogP) is 4.07. The van der Waals surface area contributed by atoms with E-state index in [9.17, 15) is 14.3 Å². The van der Waals surface area contributed by atoms with Gasteiger partial charge in [0.05, 0.1) is 10.9 Å². The molecule has 0 aliphatic heterocycles. The van der Waals surface area contributed by atoms with Crippen molar-refractivity contribution in [2.45, 2.75) is 13.3 Å². The van der Waals surface area contributed by atoms with Crippen molar-refractivity contribution in [2.24, 2.45) is 0 Å². The molecule has 2 aromatic carbocycles. The first-order chi connectivity index (χ1) is 10.1. The monoisotopic (exact) mass is 284 g/mol. The Kier molecular flexibility index (Phi) is 3.22. The van der Waals surface area contributed by atoms with Gasteiger partial charge in [-0.2, -0.15) is 0 Å². The quantitative estimate of drug-likeness (QED) is 0.737. The molecule has 0 aliphatic rings. The summed E-state index contributed by atoms with van der Waals surface area (Å²) >= 11 is 0. The lowest BCUT2D eigenvalue weighted by molar-refractivity contribution is 0.103. The molecule has 1 heterocycles. The summed E-state index contributed by atoms with van der Waals surface area (Å²) in [7, 11) is 0. The smallest absolute Gasteiger partial charge is 0.197 e. The Bertz CT molecular complexity index is 816. The van der Waals surface area contributed by atoms with Crippen LogP contribution in [0.2, 0.25) is 0 Å². The summed E-state index contributed by atoms with van der Waals surface area (Å²) < 4.78 is 19.7. The third-order valence-electron chi connectivity index (χ3n) is 3.42. The Morgan fingerprint density at radius 2 is 1.90 bits per heavy atom. The average Bonchev–Trinajstić information content (AvgIpc) is 2.87. The third-order valence-corrected chi connectivity index (χ3v) is 3.42. The van der Waals surface area contributed by atoms with E-state index in [0.717, 1.165) is 0 Å². The Hall–Kier alpha value is -2.62. The highest BCUT2D eigenvalue weighted by Gasteiger charge is 2.23. The fourth-order valence-corrected chi connectivity index (χ4v) is 2.40. The molecule has 0 unspecified atom stereocenters. The van der Waals surface area contributed by atoms with E-state index in [1.807, 2.05) is 6.92 Å². The first-order valence-electron chi connectivity index (χ1n) is 6.65. The number of aryl methyl sites for hydroxylation is 1. The molecule has 0 saturated heterocycles. The molecule has 3 rings (SSSR count). The number of carbonyl (C=O) groups excluding carboxylic acids is 1. The number of carbonyl (C=O) groups is 1. The van der Waals surface area contributed by atoms with Crippen LogP contribution in [0.4, 0.5) is 4.39 Å². The van der Waals surface area contributed by atoms with Crippen molar-refractivity contribution < 1.29 is 18.7 Å². The van der Waals surface area contributed by atoms with Crippen LogP contribution in [0.25, 0.3) is 11.0 Å². The second-order valence-corrected chi connectivity index (χ2v) is 4.74. The van der Waals surface area contributed by atoms with Crippen LogP contribution in [0.1, 0.15) is 28.6 Å². The molecule has 0 saturated carbocycles. The van der Waals surface area contributed by atoms with Gasteiger partial charge in [-0.1, -0.05) is 13.0 Å². The molecule has 0 fully saturated rings. The van der Waals surface area contributed by atoms with Gasteiger partial charge >= 0.3 is 0 Å². The van der Waals surface area contributed by atoms with E-state index in [0.29, 0.717) is 23.3 Å². The van der Waals surface area contributed by atoms with Gasteiger partial charge in [-0.3, -0.25) is 4.79 Å².